The summed E-state index contributed by atoms with van der Waals surface area (Å²) in [5, 5.41) is 0. The summed E-state index contributed by atoms with van der Waals surface area (Å²) in [6.07, 6.45) is 2.64. The first kappa shape index (κ1) is 11.1. The summed E-state index contributed by atoms with van der Waals surface area (Å²) >= 11 is 0. The molecule has 0 amide bonds. The second-order valence-corrected chi connectivity index (χ2v) is 3.18. The van der Waals surface area contributed by atoms with E-state index in [-0.39, 0.29) is 5.78 Å². The van der Waals surface area contributed by atoms with Gasteiger partial charge in [0.25, 0.3) is 0 Å². The van der Waals surface area contributed by atoms with Gasteiger partial charge in [0.2, 0.25) is 0 Å². The Kier molecular flexibility index (Phi) is 5.26. The number of ketones is 1. The van der Waals surface area contributed by atoms with Gasteiger partial charge in [0.1, 0.15) is 12.1 Å². The zero-order valence-corrected chi connectivity index (χ0v) is 8.02. The van der Waals surface area contributed by atoms with Crippen molar-refractivity contribution in [2.45, 2.75) is 40.0 Å². The van der Waals surface area contributed by atoms with E-state index >= 15 is 0 Å². The van der Waals surface area contributed by atoms with Crippen LogP contribution < -0.4 is 0 Å². The summed E-state index contributed by atoms with van der Waals surface area (Å²) in [6.45, 7) is 5.52. The molecule has 0 aliphatic carbocycles. The number of Topliss-reactive ketones (excluding diaryl/α,β-unsaturated/α-hetero) is 1. The summed E-state index contributed by atoms with van der Waals surface area (Å²) in [4.78, 5) is 20.9. The van der Waals surface area contributed by atoms with Crippen molar-refractivity contribution in [3.8, 4) is 0 Å². The van der Waals surface area contributed by atoms with Crippen LogP contribution in [0.2, 0.25) is 0 Å². The van der Waals surface area contributed by atoms with Crippen molar-refractivity contribution in [2.75, 3.05) is 0 Å². The molecule has 0 rings (SSSR count). The highest BCUT2D eigenvalue weighted by atomic mass is 16.1. The molecule has 0 aromatic carbocycles. The third-order valence-electron chi connectivity index (χ3n) is 1.82. The Labute approximate surface area is 73.7 Å². The van der Waals surface area contributed by atoms with Gasteiger partial charge < -0.3 is 9.59 Å². The van der Waals surface area contributed by atoms with E-state index in [9.17, 15) is 9.59 Å². The first-order chi connectivity index (χ1) is 5.57. The Balaban J connectivity index is 4.06. The monoisotopic (exact) mass is 168 g/mol. The van der Waals surface area contributed by atoms with Crippen LogP contribution in [0.1, 0.15) is 40.0 Å². The second-order valence-electron chi connectivity index (χ2n) is 3.18. The molecule has 0 saturated heterocycles. The summed E-state index contributed by atoms with van der Waals surface area (Å²) in [7, 11) is 0. The molecule has 68 valence electrons. The van der Waals surface area contributed by atoms with Crippen LogP contribution in [0.3, 0.4) is 0 Å². The van der Waals surface area contributed by atoms with Crippen LogP contribution in [0.15, 0.2) is 11.1 Å². The molecule has 0 saturated carbocycles. The van der Waals surface area contributed by atoms with Gasteiger partial charge >= 0.3 is 0 Å². The smallest absolute Gasteiger partial charge is 0.130 e. The SMILES string of the molecule is CC(=O)CCC(CC=O)=C(C)C. The molecule has 0 aliphatic rings. The van der Waals surface area contributed by atoms with Crippen molar-refractivity contribution in [1.29, 1.82) is 0 Å². The quantitative estimate of drug-likeness (QED) is 0.466. The van der Waals surface area contributed by atoms with Gasteiger partial charge in [-0.1, -0.05) is 11.1 Å². The molecule has 0 bridgehead atoms. The fourth-order valence-corrected chi connectivity index (χ4v) is 0.984. The Morgan fingerprint density at radius 1 is 1.17 bits per heavy atom. The topological polar surface area (TPSA) is 34.1 Å². The molecule has 0 spiro atoms. The van der Waals surface area contributed by atoms with E-state index in [4.69, 9.17) is 0 Å². The predicted octanol–water partition coefficient (Wildman–Crippen LogP) is 2.28. The van der Waals surface area contributed by atoms with Gasteiger partial charge in [-0.25, -0.2) is 0 Å². The molecule has 2 heteroatoms. The maximum Gasteiger partial charge on any atom is 0.130 e. The van der Waals surface area contributed by atoms with Gasteiger partial charge in [0.05, 0.1) is 0 Å². The van der Waals surface area contributed by atoms with Crippen LogP contribution >= 0.6 is 0 Å². The van der Waals surface area contributed by atoms with E-state index in [1.54, 1.807) is 6.92 Å². The van der Waals surface area contributed by atoms with Crippen LogP contribution in [0.25, 0.3) is 0 Å². The zero-order valence-electron chi connectivity index (χ0n) is 8.02. The minimum absolute atomic E-state index is 0.180. The Hall–Kier alpha value is -0.920. The highest BCUT2D eigenvalue weighted by Crippen LogP contribution is 2.13. The Bertz CT molecular complexity index is 198. The summed E-state index contributed by atoms with van der Waals surface area (Å²) < 4.78 is 0. The number of rotatable bonds is 5. The maximum atomic E-state index is 10.7. The van der Waals surface area contributed by atoms with Crippen molar-refractivity contribution < 1.29 is 9.59 Å². The molecule has 0 heterocycles. The van der Waals surface area contributed by atoms with E-state index in [2.05, 4.69) is 0 Å². The van der Waals surface area contributed by atoms with Crippen LogP contribution in [0, 0.1) is 0 Å². The first-order valence-corrected chi connectivity index (χ1v) is 4.16. The summed E-state index contributed by atoms with van der Waals surface area (Å²) in [6, 6.07) is 0. The molecule has 0 N–H and O–H groups in total. The average molecular weight is 168 g/mol. The van der Waals surface area contributed by atoms with E-state index in [0.29, 0.717) is 12.8 Å². The molecular formula is C10H16O2. The van der Waals surface area contributed by atoms with E-state index in [1.165, 1.54) is 0 Å². The Morgan fingerprint density at radius 2 is 1.75 bits per heavy atom. The molecule has 0 atom stereocenters. The molecule has 0 aromatic heterocycles. The lowest BCUT2D eigenvalue weighted by Crippen LogP contribution is -1.94. The average Bonchev–Trinajstić information content (AvgIpc) is 1.96. The van der Waals surface area contributed by atoms with Gasteiger partial charge in [-0.15, -0.1) is 0 Å². The van der Waals surface area contributed by atoms with Gasteiger partial charge in [-0.05, 0) is 27.2 Å². The maximum absolute atomic E-state index is 10.7. The predicted molar refractivity (Wildman–Crippen MR) is 49.0 cm³/mol. The largest absolute Gasteiger partial charge is 0.303 e. The number of allylic oxidation sites excluding steroid dienone is 2. The molecule has 0 aromatic rings. The molecule has 0 unspecified atom stereocenters. The van der Waals surface area contributed by atoms with Crippen molar-refractivity contribution in [2.24, 2.45) is 0 Å². The van der Waals surface area contributed by atoms with Gasteiger partial charge in [-0.2, -0.15) is 0 Å². The van der Waals surface area contributed by atoms with Gasteiger partial charge in [0, 0.05) is 12.8 Å². The zero-order chi connectivity index (χ0) is 9.56. The number of carbonyl (C=O) groups excluding carboxylic acids is 2. The molecule has 2 nitrogen and oxygen atoms in total. The Morgan fingerprint density at radius 3 is 2.08 bits per heavy atom. The second kappa shape index (κ2) is 5.70. The number of hydrogen-bond donors (Lipinski definition) is 0. The summed E-state index contributed by atoms with van der Waals surface area (Å²) in [5.41, 5.74) is 2.25. The molecule has 0 radical (unpaired) electrons. The van der Waals surface area contributed by atoms with Crippen molar-refractivity contribution >= 4 is 12.1 Å². The van der Waals surface area contributed by atoms with E-state index in [0.717, 1.165) is 23.9 Å². The highest BCUT2D eigenvalue weighted by Gasteiger charge is 2.01. The molecule has 0 fully saturated rings. The number of hydrogen-bond acceptors (Lipinski definition) is 2. The van der Waals surface area contributed by atoms with Crippen molar-refractivity contribution in [3.63, 3.8) is 0 Å². The van der Waals surface area contributed by atoms with E-state index in [1.807, 2.05) is 13.8 Å². The first-order valence-electron chi connectivity index (χ1n) is 4.16. The number of aldehydes is 1. The highest BCUT2D eigenvalue weighted by molar-refractivity contribution is 5.75. The minimum Gasteiger partial charge on any atom is -0.303 e. The standard InChI is InChI=1S/C10H16O2/c1-8(2)10(6-7-11)5-4-9(3)12/h7H,4-6H2,1-3H3. The van der Waals surface area contributed by atoms with Crippen molar-refractivity contribution in [1.82, 2.24) is 0 Å². The van der Waals surface area contributed by atoms with E-state index < -0.39 is 0 Å². The van der Waals surface area contributed by atoms with Gasteiger partial charge in [-0.3, -0.25) is 0 Å². The van der Waals surface area contributed by atoms with Crippen LogP contribution in [-0.4, -0.2) is 12.1 Å². The third kappa shape index (κ3) is 4.83. The van der Waals surface area contributed by atoms with Crippen LogP contribution in [0.4, 0.5) is 0 Å². The van der Waals surface area contributed by atoms with Crippen molar-refractivity contribution in [3.05, 3.63) is 11.1 Å². The molecule has 0 aliphatic heterocycles. The molecular weight excluding hydrogens is 152 g/mol. The lowest BCUT2D eigenvalue weighted by molar-refractivity contribution is -0.117. The summed E-state index contributed by atoms with van der Waals surface area (Å²) in [5.74, 6) is 0.180. The fraction of sp³-hybridized carbons (Fsp3) is 0.600. The lowest BCUT2D eigenvalue weighted by atomic mass is 10.0. The molecule has 12 heavy (non-hydrogen) atoms. The van der Waals surface area contributed by atoms with Gasteiger partial charge in [0.15, 0.2) is 0 Å². The normalized spacial score (nSPS) is 9.25. The lowest BCUT2D eigenvalue weighted by Gasteiger charge is -2.04. The van der Waals surface area contributed by atoms with Crippen LogP contribution in [-0.2, 0) is 9.59 Å². The van der Waals surface area contributed by atoms with Crippen LogP contribution in [0.5, 0.6) is 0 Å². The number of carbonyl (C=O) groups is 2. The third-order valence-corrected chi connectivity index (χ3v) is 1.82. The fourth-order valence-electron chi connectivity index (χ4n) is 0.984. The minimum atomic E-state index is 0.180.